The number of carbonyl (C=O) groups is 3. The van der Waals surface area contributed by atoms with Crippen molar-refractivity contribution in [3.63, 3.8) is 0 Å². The summed E-state index contributed by atoms with van der Waals surface area (Å²) in [5, 5.41) is 11.6. The first kappa shape index (κ1) is 16.3. The Bertz CT molecular complexity index is 378. The molecular weight excluding hydrogens is 262 g/mol. The Hall–Kier alpha value is -1.79. The number of primary amides is 1. The highest BCUT2D eigenvalue weighted by molar-refractivity contribution is 5.86. The summed E-state index contributed by atoms with van der Waals surface area (Å²) in [6.45, 7) is 3.25. The summed E-state index contributed by atoms with van der Waals surface area (Å²) in [6.07, 6.45) is 3.64. The largest absolute Gasteiger partial charge is 0.480 e. The number of aliphatic carboxylic acids is 1. The number of nitrogens with two attached hydrogens (primary N) is 1. The van der Waals surface area contributed by atoms with Crippen LogP contribution in [0, 0.1) is 5.92 Å². The quantitative estimate of drug-likeness (QED) is 0.660. The average Bonchev–Trinajstić information content (AvgIpc) is 2.85. The van der Waals surface area contributed by atoms with E-state index < -0.39 is 23.9 Å². The van der Waals surface area contributed by atoms with Crippen LogP contribution in [0.1, 0.15) is 39.5 Å². The molecular formula is C13H23N3O4. The topological polar surface area (TPSA) is 113 Å². The normalized spacial score (nSPS) is 16.9. The molecule has 0 aromatic carbocycles. The van der Waals surface area contributed by atoms with Crippen molar-refractivity contribution in [1.82, 2.24) is 10.2 Å². The second-order valence-electron chi connectivity index (χ2n) is 5.54. The van der Waals surface area contributed by atoms with Crippen LogP contribution < -0.4 is 11.1 Å². The molecule has 0 heterocycles. The molecule has 4 N–H and O–H groups in total. The van der Waals surface area contributed by atoms with Gasteiger partial charge in [-0.05, 0) is 18.8 Å². The van der Waals surface area contributed by atoms with E-state index in [2.05, 4.69) is 5.32 Å². The van der Waals surface area contributed by atoms with Crippen LogP contribution in [0.4, 0.5) is 4.79 Å². The molecule has 0 spiro atoms. The van der Waals surface area contributed by atoms with E-state index in [0.29, 0.717) is 0 Å². The third-order valence-corrected chi connectivity index (χ3v) is 3.56. The molecule has 0 bridgehead atoms. The molecule has 1 aliphatic carbocycles. The minimum atomic E-state index is -1.08. The van der Waals surface area contributed by atoms with Gasteiger partial charge in [-0.1, -0.05) is 26.7 Å². The Labute approximate surface area is 118 Å². The van der Waals surface area contributed by atoms with Crippen molar-refractivity contribution in [3.8, 4) is 0 Å². The van der Waals surface area contributed by atoms with Gasteiger partial charge in [-0.15, -0.1) is 0 Å². The third-order valence-electron chi connectivity index (χ3n) is 3.56. The summed E-state index contributed by atoms with van der Waals surface area (Å²) < 4.78 is 0. The molecule has 0 saturated heterocycles. The van der Waals surface area contributed by atoms with Gasteiger partial charge in [-0.25, -0.2) is 9.59 Å². The molecule has 7 nitrogen and oxygen atoms in total. The maximum Gasteiger partial charge on any atom is 0.326 e. The molecule has 0 aliphatic heterocycles. The van der Waals surface area contributed by atoms with Crippen molar-refractivity contribution in [1.29, 1.82) is 0 Å². The third kappa shape index (κ3) is 4.40. The van der Waals surface area contributed by atoms with Crippen LogP contribution in [0.15, 0.2) is 0 Å². The van der Waals surface area contributed by atoms with Crippen LogP contribution in [0.3, 0.4) is 0 Å². The van der Waals surface area contributed by atoms with Crippen molar-refractivity contribution < 1.29 is 19.5 Å². The summed E-state index contributed by atoms with van der Waals surface area (Å²) in [5.74, 6) is -1.92. The van der Waals surface area contributed by atoms with Crippen molar-refractivity contribution in [2.24, 2.45) is 11.7 Å². The van der Waals surface area contributed by atoms with Crippen LogP contribution in [-0.2, 0) is 9.59 Å². The Kier molecular flexibility index (Phi) is 5.79. The van der Waals surface area contributed by atoms with Crippen LogP contribution in [0.25, 0.3) is 0 Å². The monoisotopic (exact) mass is 285 g/mol. The SMILES string of the molecule is CC(C)[C@@H](NC(=O)N(CC(N)=O)C1CCCC1)C(=O)O. The van der Waals surface area contributed by atoms with E-state index in [1.54, 1.807) is 13.8 Å². The number of carbonyl (C=O) groups excluding carboxylic acids is 2. The minimum absolute atomic E-state index is 0.0379. The van der Waals surface area contributed by atoms with Gasteiger partial charge in [0.25, 0.3) is 0 Å². The number of amides is 3. The number of carboxylic acids is 1. The molecule has 1 fully saturated rings. The zero-order chi connectivity index (χ0) is 15.3. The van der Waals surface area contributed by atoms with Gasteiger partial charge >= 0.3 is 12.0 Å². The number of urea groups is 1. The standard InChI is InChI=1S/C13H23N3O4/c1-8(2)11(12(18)19)15-13(20)16(7-10(14)17)9-5-3-4-6-9/h8-9,11H,3-7H2,1-2H3,(H2,14,17)(H,15,20)(H,18,19)/t11-/m1/s1. The maximum atomic E-state index is 12.2. The Morgan fingerprint density at radius 1 is 1.30 bits per heavy atom. The average molecular weight is 285 g/mol. The number of hydrogen-bond acceptors (Lipinski definition) is 3. The number of hydrogen-bond donors (Lipinski definition) is 3. The molecule has 0 radical (unpaired) electrons. The molecule has 7 heteroatoms. The lowest BCUT2D eigenvalue weighted by atomic mass is 10.1. The summed E-state index contributed by atoms with van der Waals surface area (Å²) in [7, 11) is 0. The second-order valence-corrected chi connectivity index (χ2v) is 5.54. The van der Waals surface area contributed by atoms with E-state index >= 15 is 0 Å². The van der Waals surface area contributed by atoms with Gasteiger partial charge < -0.3 is 21.1 Å². The first-order valence-corrected chi connectivity index (χ1v) is 6.91. The highest BCUT2D eigenvalue weighted by Gasteiger charge is 2.31. The van der Waals surface area contributed by atoms with Crippen LogP contribution >= 0.6 is 0 Å². The molecule has 114 valence electrons. The molecule has 0 aromatic heterocycles. The van der Waals surface area contributed by atoms with E-state index in [4.69, 9.17) is 10.8 Å². The smallest absolute Gasteiger partial charge is 0.326 e. The predicted molar refractivity (Wildman–Crippen MR) is 72.9 cm³/mol. The van der Waals surface area contributed by atoms with Crippen molar-refractivity contribution >= 4 is 17.9 Å². The van der Waals surface area contributed by atoms with Gasteiger partial charge in [0.1, 0.15) is 12.6 Å². The fourth-order valence-corrected chi connectivity index (χ4v) is 2.48. The highest BCUT2D eigenvalue weighted by Crippen LogP contribution is 2.23. The summed E-state index contributed by atoms with van der Waals surface area (Å²) >= 11 is 0. The van der Waals surface area contributed by atoms with Crippen molar-refractivity contribution in [2.75, 3.05) is 6.54 Å². The zero-order valence-corrected chi connectivity index (χ0v) is 12.0. The lowest BCUT2D eigenvalue weighted by Gasteiger charge is -2.30. The number of nitrogens with one attached hydrogen (secondary N) is 1. The van der Waals surface area contributed by atoms with E-state index in [9.17, 15) is 14.4 Å². The summed E-state index contributed by atoms with van der Waals surface area (Å²) in [4.78, 5) is 35.8. The van der Waals surface area contributed by atoms with Crippen LogP contribution in [0.2, 0.25) is 0 Å². The second kappa shape index (κ2) is 7.12. The lowest BCUT2D eigenvalue weighted by Crippen LogP contribution is -2.54. The molecule has 3 amide bonds. The molecule has 20 heavy (non-hydrogen) atoms. The predicted octanol–water partition coefficient (Wildman–Crippen LogP) is 0.535. The van der Waals surface area contributed by atoms with E-state index in [0.717, 1.165) is 25.7 Å². The first-order chi connectivity index (χ1) is 9.32. The first-order valence-electron chi connectivity index (χ1n) is 6.91. The molecule has 1 saturated carbocycles. The molecule has 0 aromatic rings. The lowest BCUT2D eigenvalue weighted by molar-refractivity contribution is -0.140. The number of rotatable bonds is 6. The molecule has 0 unspecified atom stereocenters. The zero-order valence-electron chi connectivity index (χ0n) is 12.0. The van der Waals surface area contributed by atoms with Gasteiger partial charge in [0.05, 0.1) is 0 Å². The Morgan fingerprint density at radius 2 is 1.85 bits per heavy atom. The van der Waals surface area contributed by atoms with Gasteiger partial charge in [-0.3, -0.25) is 4.79 Å². The van der Waals surface area contributed by atoms with Gasteiger partial charge in [0.15, 0.2) is 0 Å². The molecule has 1 aliphatic rings. The van der Waals surface area contributed by atoms with Gasteiger partial charge in [0, 0.05) is 6.04 Å². The fraction of sp³-hybridized carbons (Fsp3) is 0.769. The summed E-state index contributed by atoms with van der Waals surface area (Å²) in [5.41, 5.74) is 5.17. The van der Waals surface area contributed by atoms with E-state index in [1.165, 1.54) is 4.90 Å². The van der Waals surface area contributed by atoms with Crippen LogP contribution in [0.5, 0.6) is 0 Å². The Balaban J connectivity index is 2.76. The van der Waals surface area contributed by atoms with Crippen molar-refractivity contribution in [3.05, 3.63) is 0 Å². The minimum Gasteiger partial charge on any atom is -0.480 e. The molecule has 1 atom stereocenters. The van der Waals surface area contributed by atoms with Gasteiger partial charge in [0.2, 0.25) is 5.91 Å². The van der Waals surface area contributed by atoms with E-state index in [-0.39, 0.29) is 18.5 Å². The maximum absolute atomic E-state index is 12.2. The number of carboxylic acid groups (broad SMARTS) is 1. The molecule has 1 rings (SSSR count). The summed E-state index contributed by atoms with van der Waals surface area (Å²) in [6, 6.07) is -1.54. The fourth-order valence-electron chi connectivity index (χ4n) is 2.48. The number of nitrogens with zero attached hydrogens (tertiary/aromatic N) is 1. The van der Waals surface area contributed by atoms with Crippen molar-refractivity contribution in [2.45, 2.75) is 51.6 Å². The Morgan fingerprint density at radius 3 is 2.25 bits per heavy atom. The van der Waals surface area contributed by atoms with Gasteiger partial charge in [-0.2, -0.15) is 0 Å². The highest BCUT2D eigenvalue weighted by atomic mass is 16.4. The van der Waals surface area contributed by atoms with E-state index in [1.807, 2.05) is 0 Å². The van der Waals surface area contributed by atoms with Crippen LogP contribution in [-0.4, -0.2) is 46.5 Å².